The summed E-state index contributed by atoms with van der Waals surface area (Å²) in [5.41, 5.74) is 4.37. The fraction of sp³-hybridized carbons (Fsp3) is 0.0476. The van der Waals surface area contributed by atoms with E-state index in [1.807, 2.05) is 67.6 Å². The van der Waals surface area contributed by atoms with Crippen LogP contribution in [0, 0.1) is 18.3 Å². The van der Waals surface area contributed by atoms with Crippen LogP contribution >= 0.6 is 12.4 Å². The van der Waals surface area contributed by atoms with E-state index in [0.29, 0.717) is 17.2 Å². The van der Waals surface area contributed by atoms with E-state index in [9.17, 15) is 5.26 Å². The first kappa shape index (κ1) is 17.5. The van der Waals surface area contributed by atoms with Gasteiger partial charge >= 0.3 is 0 Å². The zero-order chi connectivity index (χ0) is 17.2. The molecule has 2 aromatic heterocycles. The number of nitrogens with zero attached hydrogens (tertiary/aromatic N) is 2. The zero-order valence-corrected chi connectivity index (χ0v) is 14.9. The van der Waals surface area contributed by atoms with Gasteiger partial charge in [-0.15, -0.1) is 12.4 Å². The van der Waals surface area contributed by atoms with E-state index in [2.05, 4.69) is 16.0 Å². The van der Waals surface area contributed by atoms with Gasteiger partial charge in [0, 0.05) is 11.6 Å². The summed E-state index contributed by atoms with van der Waals surface area (Å²) in [4.78, 5) is 7.63. The van der Waals surface area contributed by atoms with Crippen molar-refractivity contribution in [2.75, 3.05) is 0 Å². The van der Waals surface area contributed by atoms with Gasteiger partial charge in [0.15, 0.2) is 0 Å². The Bertz CT molecular complexity index is 1080. The van der Waals surface area contributed by atoms with Gasteiger partial charge in [0.1, 0.15) is 23.4 Å². The molecule has 4 aromatic rings. The van der Waals surface area contributed by atoms with Crippen LogP contribution in [0.2, 0.25) is 0 Å². The summed E-state index contributed by atoms with van der Waals surface area (Å²) in [5.74, 6) is 1.93. The molecule has 2 heterocycles. The second-order valence-electron chi connectivity index (χ2n) is 5.84. The number of nitrogens with one attached hydrogen (secondary N) is 1. The summed E-state index contributed by atoms with van der Waals surface area (Å²) in [6, 6.07) is 21.8. The van der Waals surface area contributed by atoms with Gasteiger partial charge in [0.05, 0.1) is 16.6 Å². The second kappa shape index (κ2) is 7.30. The summed E-state index contributed by atoms with van der Waals surface area (Å²) in [6.07, 6.45) is 1.70. The number of hydrogen-bond acceptors (Lipinski definition) is 3. The summed E-state index contributed by atoms with van der Waals surface area (Å²) in [7, 11) is 0. The molecule has 0 unspecified atom stereocenters. The molecule has 0 spiro atoms. The van der Waals surface area contributed by atoms with E-state index in [1.54, 1.807) is 6.08 Å². The van der Waals surface area contributed by atoms with Crippen molar-refractivity contribution in [3.8, 4) is 17.4 Å². The number of allylic oxidation sites excluding steroid dienone is 1. The molecule has 0 saturated carbocycles. The number of rotatable bonds is 3. The first-order chi connectivity index (χ1) is 12.2. The summed E-state index contributed by atoms with van der Waals surface area (Å²) >= 11 is 0. The van der Waals surface area contributed by atoms with Crippen LogP contribution in [0.25, 0.3) is 34.0 Å². The van der Waals surface area contributed by atoms with Crippen LogP contribution in [0.1, 0.15) is 17.1 Å². The van der Waals surface area contributed by atoms with Crippen molar-refractivity contribution in [3.63, 3.8) is 0 Å². The highest BCUT2D eigenvalue weighted by Gasteiger charge is 2.09. The number of aryl methyl sites for hydroxylation is 1. The monoisotopic (exact) mass is 361 g/mol. The maximum atomic E-state index is 9.50. The number of aromatic amines is 1. The molecule has 0 atom stereocenters. The maximum Gasteiger partial charge on any atom is 0.149 e. The lowest BCUT2D eigenvalue weighted by molar-refractivity contribution is 0.572. The Kier molecular flexibility index (Phi) is 4.92. The Morgan fingerprint density at radius 3 is 2.58 bits per heavy atom. The predicted molar refractivity (Wildman–Crippen MR) is 106 cm³/mol. The molecule has 0 radical (unpaired) electrons. The number of aromatic nitrogens is 2. The molecule has 0 bridgehead atoms. The molecule has 0 amide bonds. The normalized spacial score (nSPS) is 11.2. The largest absolute Gasteiger partial charge is 0.457 e. The van der Waals surface area contributed by atoms with Gasteiger partial charge in [0.25, 0.3) is 0 Å². The minimum atomic E-state index is 0. The summed E-state index contributed by atoms with van der Waals surface area (Å²) in [5, 5.41) is 9.50. The molecular weight excluding hydrogens is 346 g/mol. The number of nitriles is 1. The standard InChI is InChI=1S/C21H15N3O.ClH/c1-14-6-8-15(9-7-14)20-11-10-17(25-20)12-16(13-22)21-23-18-4-2-3-5-19(18)24-21;/h2-12H,1H3,(H,23,24);1H/b16-12+;. The topological polar surface area (TPSA) is 65.6 Å². The quantitative estimate of drug-likeness (QED) is 0.482. The highest BCUT2D eigenvalue weighted by atomic mass is 35.5. The first-order valence-corrected chi connectivity index (χ1v) is 7.97. The van der Waals surface area contributed by atoms with Crippen molar-refractivity contribution >= 4 is 35.1 Å². The second-order valence-corrected chi connectivity index (χ2v) is 5.84. The number of fused-ring (bicyclic) bond motifs is 1. The lowest BCUT2D eigenvalue weighted by Crippen LogP contribution is -1.84. The zero-order valence-electron chi connectivity index (χ0n) is 14.1. The number of para-hydroxylation sites is 2. The van der Waals surface area contributed by atoms with E-state index in [-0.39, 0.29) is 12.4 Å². The maximum absolute atomic E-state index is 9.50. The van der Waals surface area contributed by atoms with Crippen molar-refractivity contribution in [1.82, 2.24) is 9.97 Å². The predicted octanol–water partition coefficient (Wildman–Crippen LogP) is 5.62. The SMILES string of the molecule is Cc1ccc(-c2ccc(/C=C(\C#N)c3nc4ccccc4[nH]3)o2)cc1.Cl. The minimum absolute atomic E-state index is 0. The lowest BCUT2D eigenvalue weighted by Gasteiger charge is -1.97. The Hall–Kier alpha value is -3.29. The average molecular weight is 362 g/mol. The van der Waals surface area contributed by atoms with E-state index in [4.69, 9.17) is 4.42 Å². The number of benzene rings is 2. The van der Waals surface area contributed by atoms with Crippen molar-refractivity contribution in [3.05, 3.63) is 77.8 Å². The van der Waals surface area contributed by atoms with Crippen LogP contribution in [0.15, 0.2) is 65.1 Å². The van der Waals surface area contributed by atoms with E-state index >= 15 is 0 Å². The van der Waals surface area contributed by atoms with Gasteiger partial charge in [-0.3, -0.25) is 0 Å². The van der Waals surface area contributed by atoms with Crippen molar-refractivity contribution < 1.29 is 4.42 Å². The van der Waals surface area contributed by atoms with Crippen molar-refractivity contribution in [1.29, 1.82) is 5.26 Å². The first-order valence-electron chi connectivity index (χ1n) is 7.97. The Balaban J connectivity index is 0.00000196. The molecule has 128 valence electrons. The molecule has 1 N–H and O–H groups in total. The molecule has 2 aromatic carbocycles. The number of hydrogen-bond donors (Lipinski definition) is 1. The van der Waals surface area contributed by atoms with E-state index in [1.165, 1.54) is 5.56 Å². The highest BCUT2D eigenvalue weighted by molar-refractivity contribution is 5.89. The number of imidazole rings is 1. The van der Waals surface area contributed by atoms with Crippen LogP contribution in [-0.2, 0) is 0 Å². The Morgan fingerprint density at radius 2 is 1.85 bits per heavy atom. The van der Waals surface area contributed by atoms with Gasteiger partial charge in [-0.25, -0.2) is 4.98 Å². The van der Waals surface area contributed by atoms with Crippen LogP contribution in [-0.4, -0.2) is 9.97 Å². The third kappa shape index (κ3) is 3.39. The van der Waals surface area contributed by atoms with Crippen LogP contribution < -0.4 is 0 Å². The smallest absolute Gasteiger partial charge is 0.149 e. The average Bonchev–Trinajstić information content (AvgIpc) is 3.27. The van der Waals surface area contributed by atoms with Gasteiger partial charge in [-0.2, -0.15) is 5.26 Å². The Morgan fingerprint density at radius 1 is 1.08 bits per heavy atom. The van der Waals surface area contributed by atoms with Crippen molar-refractivity contribution in [2.24, 2.45) is 0 Å². The molecule has 0 fully saturated rings. The van der Waals surface area contributed by atoms with E-state index < -0.39 is 0 Å². The molecule has 4 rings (SSSR count). The third-order valence-electron chi connectivity index (χ3n) is 4.01. The fourth-order valence-corrected chi connectivity index (χ4v) is 2.68. The fourth-order valence-electron chi connectivity index (χ4n) is 2.68. The molecule has 0 aliphatic carbocycles. The molecular formula is C21H16ClN3O. The summed E-state index contributed by atoms with van der Waals surface area (Å²) < 4.78 is 5.87. The third-order valence-corrected chi connectivity index (χ3v) is 4.01. The van der Waals surface area contributed by atoms with Gasteiger partial charge in [0.2, 0.25) is 0 Å². The molecule has 0 aliphatic rings. The summed E-state index contributed by atoms with van der Waals surface area (Å²) in [6.45, 7) is 2.05. The van der Waals surface area contributed by atoms with Crippen molar-refractivity contribution in [2.45, 2.75) is 6.92 Å². The molecule has 5 heteroatoms. The Labute approximate surface area is 157 Å². The van der Waals surface area contributed by atoms with Gasteiger partial charge < -0.3 is 9.40 Å². The van der Waals surface area contributed by atoms with Crippen LogP contribution in [0.4, 0.5) is 0 Å². The number of furan rings is 1. The highest BCUT2D eigenvalue weighted by Crippen LogP contribution is 2.25. The number of H-pyrrole nitrogens is 1. The number of halogens is 1. The minimum Gasteiger partial charge on any atom is -0.457 e. The van der Waals surface area contributed by atoms with Crippen LogP contribution in [0.5, 0.6) is 0 Å². The molecule has 0 aliphatic heterocycles. The molecule has 0 saturated heterocycles. The molecule has 26 heavy (non-hydrogen) atoms. The van der Waals surface area contributed by atoms with E-state index in [0.717, 1.165) is 22.4 Å². The molecule has 4 nitrogen and oxygen atoms in total. The van der Waals surface area contributed by atoms with Gasteiger partial charge in [-0.1, -0.05) is 42.0 Å². The lowest BCUT2D eigenvalue weighted by atomic mass is 10.1. The van der Waals surface area contributed by atoms with Crippen LogP contribution in [0.3, 0.4) is 0 Å². The van der Waals surface area contributed by atoms with Gasteiger partial charge in [-0.05, 0) is 31.2 Å².